The lowest BCUT2D eigenvalue weighted by atomic mass is 10.0. The Morgan fingerprint density at radius 1 is 0.810 bits per heavy atom. The Bertz CT molecular complexity index is 499. The summed E-state index contributed by atoms with van der Waals surface area (Å²) in [5.41, 5.74) is 2.80. The van der Waals surface area contributed by atoms with Gasteiger partial charge >= 0.3 is 0 Å². The van der Waals surface area contributed by atoms with Crippen LogP contribution in [0.1, 0.15) is 37.8 Å². The van der Waals surface area contributed by atoms with E-state index in [-0.39, 0.29) is 0 Å². The highest BCUT2D eigenvalue weighted by molar-refractivity contribution is 5.27. The third-order valence-electron chi connectivity index (χ3n) is 3.54. The van der Waals surface area contributed by atoms with Gasteiger partial charge in [0.1, 0.15) is 5.75 Å². The average molecular weight is 282 g/mol. The number of hydrogen-bond donors (Lipinski definition) is 0. The Kier molecular flexibility index (Phi) is 6.33. The van der Waals surface area contributed by atoms with Crippen LogP contribution in [0.2, 0.25) is 0 Å². The summed E-state index contributed by atoms with van der Waals surface area (Å²) in [6, 6.07) is 19.2. The molecule has 0 saturated heterocycles. The lowest BCUT2D eigenvalue weighted by Gasteiger charge is -2.08. The third-order valence-corrected chi connectivity index (χ3v) is 3.54. The second-order valence-electron chi connectivity index (χ2n) is 6.03. The van der Waals surface area contributed by atoms with Crippen LogP contribution in [0.25, 0.3) is 0 Å². The maximum atomic E-state index is 5.80. The van der Waals surface area contributed by atoms with Crippen molar-refractivity contribution in [1.29, 1.82) is 0 Å². The summed E-state index contributed by atoms with van der Waals surface area (Å²) in [6.07, 6.45) is 4.55. The summed E-state index contributed by atoms with van der Waals surface area (Å²) in [4.78, 5) is 0. The molecule has 0 aliphatic carbocycles. The predicted molar refractivity (Wildman–Crippen MR) is 89.9 cm³/mol. The molecule has 1 heteroatoms. The Labute approximate surface area is 129 Å². The van der Waals surface area contributed by atoms with E-state index < -0.39 is 0 Å². The summed E-state index contributed by atoms with van der Waals surface area (Å²) in [6.45, 7) is 5.30. The first-order valence-corrected chi connectivity index (χ1v) is 7.99. The monoisotopic (exact) mass is 282 g/mol. The van der Waals surface area contributed by atoms with E-state index in [9.17, 15) is 0 Å². The SMILES string of the molecule is CC(C)Cc1ccc(OCCCCc2ccccc2)cc1. The zero-order valence-corrected chi connectivity index (χ0v) is 13.2. The van der Waals surface area contributed by atoms with Gasteiger partial charge in [0.2, 0.25) is 0 Å². The van der Waals surface area contributed by atoms with E-state index in [0.29, 0.717) is 5.92 Å². The third kappa shape index (κ3) is 6.03. The Morgan fingerprint density at radius 2 is 1.52 bits per heavy atom. The number of aryl methyl sites for hydroxylation is 1. The van der Waals surface area contributed by atoms with Crippen LogP contribution in [-0.2, 0) is 12.8 Å². The van der Waals surface area contributed by atoms with Crippen LogP contribution in [-0.4, -0.2) is 6.61 Å². The molecule has 1 nitrogen and oxygen atoms in total. The van der Waals surface area contributed by atoms with Crippen LogP contribution in [0.5, 0.6) is 5.75 Å². The first-order valence-electron chi connectivity index (χ1n) is 7.99. The van der Waals surface area contributed by atoms with Crippen molar-refractivity contribution < 1.29 is 4.74 Å². The summed E-state index contributed by atoms with van der Waals surface area (Å²) >= 11 is 0. The molecule has 2 aromatic carbocycles. The highest BCUT2D eigenvalue weighted by Gasteiger charge is 1.99. The van der Waals surface area contributed by atoms with E-state index in [4.69, 9.17) is 4.74 Å². The molecule has 0 fully saturated rings. The lowest BCUT2D eigenvalue weighted by molar-refractivity contribution is 0.307. The summed E-state index contributed by atoms with van der Waals surface area (Å²) in [5, 5.41) is 0. The largest absolute Gasteiger partial charge is 0.494 e. The number of hydrogen-bond acceptors (Lipinski definition) is 1. The Morgan fingerprint density at radius 3 is 2.19 bits per heavy atom. The van der Waals surface area contributed by atoms with E-state index >= 15 is 0 Å². The highest BCUT2D eigenvalue weighted by Crippen LogP contribution is 2.15. The Hall–Kier alpha value is -1.76. The molecule has 0 aliphatic rings. The van der Waals surface area contributed by atoms with Crippen molar-refractivity contribution in [3.8, 4) is 5.75 Å². The van der Waals surface area contributed by atoms with Crippen molar-refractivity contribution >= 4 is 0 Å². The second kappa shape index (κ2) is 8.51. The van der Waals surface area contributed by atoms with Crippen molar-refractivity contribution in [2.24, 2.45) is 5.92 Å². The molecule has 0 aromatic heterocycles. The average Bonchev–Trinajstić information content (AvgIpc) is 2.49. The van der Waals surface area contributed by atoms with Crippen LogP contribution in [0.15, 0.2) is 54.6 Å². The fraction of sp³-hybridized carbons (Fsp3) is 0.400. The molecule has 0 aliphatic heterocycles. The van der Waals surface area contributed by atoms with Gasteiger partial charge in [0.15, 0.2) is 0 Å². The maximum Gasteiger partial charge on any atom is 0.119 e. The maximum absolute atomic E-state index is 5.80. The van der Waals surface area contributed by atoms with Crippen molar-refractivity contribution in [1.82, 2.24) is 0 Å². The molecule has 21 heavy (non-hydrogen) atoms. The van der Waals surface area contributed by atoms with E-state index in [0.717, 1.165) is 31.6 Å². The molecule has 0 spiro atoms. The van der Waals surface area contributed by atoms with Gasteiger partial charge in [-0.1, -0.05) is 56.3 Å². The topological polar surface area (TPSA) is 9.23 Å². The fourth-order valence-corrected chi connectivity index (χ4v) is 2.46. The quantitative estimate of drug-likeness (QED) is 0.598. The molecule has 2 rings (SSSR count). The zero-order valence-electron chi connectivity index (χ0n) is 13.2. The van der Waals surface area contributed by atoms with Gasteiger partial charge in [0, 0.05) is 0 Å². The van der Waals surface area contributed by atoms with Gasteiger partial charge < -0.3 is 4.74 Å². The van der Waals surface area contributed by atoms with Gasteiger partial charge in [-0.2, -0.15) is 0 Å². The minimum absolute atomic E-state index is 0.703. The van der Waals surface area contributed by atoms with Crippen molar-refractivity contribution in [3.63, 3.8) is 0 Å². The van der Waals surface area contributed by atoms with Crippen molar-refractivity contribution in [2.75, 3.05) is 6.61 Å². The molecule has 0 N–H and O–H groups in total. The molecule has 0 amide bonds. The van der Waals surface area contributed by atoms with Gasteiger partial charge in [0.25, 0.3) is 0 Å². The number of unbranched alkanes of at least 4 members (excludes halogenated alkanes) is 1. The molecule has 0 atom stereocenters. The number of ether oxygens (including phenoxy) is 1. The highest BCUT2D eigenvalue weighted by atomic mass is 16.5. The smallest absolute Gasteiger partial charge is 0.119 e. The summed E-state index contributed by atoms with van der Waals surface area (Å²) in [5.74, 6) is 1.69. The van der Waals surface area contributed by atoms with Gasteiger partial charge in [-0.25, -0.2) is 0 Å². The minimum atomic E-state index is 0.703. The molecule has 112 valence electrons. The molecule has 0 unspecified atom stereocenters. The number of benzene rings is 2. The minimum Gasteiger partial charge on any atom is -0.494 e. The standard InChI is InChI=1S/C20H26O/c1-17(2)16-19-11-13-20(14-12-19)21-15-7-6-10-18-8-4-3-5-9-18/h3-5,8-9,11-14,17H,6-7,10,15-16H2,1-2H3. The lowest BCUT2D eigenvalue weighted by Crippen LogP contribution is -1.99. The van der Waals surface area contributed by atoms with Crippen molar-refractivity contribution in [2.45, 2.75) is 39.5 Å². The predicted octanol–water partition coefficient (Wildman–Crippen LogP) is 5.29. The van der Waals surface area contributed by atoms with Gasteiger partial charge in [-0.15, -0.1) is 0 Å². The molecule has 0 radical (unpaired) electrons. The van der Waals surface area contributed by atoms with Gasteiger partial charge in [-0.05, 0) is 54.9 Å². The molecule has 0 saturated carbocycles. The molecule has 0 heterocycles. The van der Waals surface area contributed by atoms with Gasteiger partial charge in [0.05, 0.1) is 6.61 Å². The van der Waals surface area contributed by atoms with Crippen LogP contribution in [0, 0.1) is 5.92 Å². The van der Waals surface area contributed by atoms with E-state index in [1.54, 1.807) is 0 Å². The summed E-state index contributed by atoms with van der Waals surface area (Å²) in [7, 11) is 0. The number of rotatable bonds is 8. The van der Waals surface area contributed by atoms with E-state index in [1.165, 1.54) is 17.5 Å². The Balaban J connectivity index is 1.64. The summed E-state index contributed by atoms with van der Waals surface area (Å²) < 4.78 is 5.80. The fourth-order valence-electron chi connectivity index (χ4n) is 2.46. The molecule has 0 bridgehead atoms. The first kappa shape index (κ1) is 15.6. The van der Waals surface area contributed by atoms with Crippen LogP contribution in [0.4, 0.5) is 0 Å². The van der Waals surface area contributed by atoms with E-state index in [2.05, 4.69) is 68.4 Å². The van der Waals surface area contributed by atoms with Crippen LogP contribution in [0.3, 0.4) is 0 Å². The zero-order chi connectivity index (χ0) is 14.9. The van der Waals surface area contributed by atoms with Gasteiger partial charge in [-0.3, -0.25) is 0 Å². The second-order valence-corrected chi connectivity index (χ2v) is 6.03. The normalized spacial score (nSPS) is 10.8. The molecular formula is C20H26O. The first-order chi connectivity index (χ1) is 10.2. The van der Waals surface area contributed by atoms with Crippen LogP contribution < -0.4 is 4.74 Å². The van der Waals surface area contributed by atoms with E-state index in [1.807, 2.05) is 0 Å². The molecule has 2 aromatic rings. The molecular weight excluding hydrogens is 256 g/mol. The van der Waals surface area contributed by atoms with Crippen molar-refractivity contribution in [3.05, 3.63) is 65.7 Å². The van der Waals surface area contributed by atoms with Crippen LogP contribution >= 0.6 is 0 Å².